The van der Waals surface area contributed by atoms with Crippen molar-refractivity contribution in [3.05, 3.63) is 83.0 Å². The molecule has 0 fully saturated rings. The molecule has 4 rings (SSSR count). The first-order valence-corrected chi connectivity index (χ1v) is 9.52. The van der Waals surface area contributed by atoms with E-state index in [1.807, 2.05) is 49.4 Å². The number of aryl methyl sites for hydroxylation is 1. The Kier molecular flexibility index (Phi) is 5.39. The third kappa shape index (κ3) is 4.20. The first-order valence-electron chi connectivity index (χ1n) is 9.14. The molecule has 0 aliphatic heterocycles. The molecule has 0 saturated heterocycles. The van der Waals surface area contributed by atoms with E-state index in [0.29, 0.717) is 35.4 Å². The molecule has 2 aromatic carbocycles. The highest BCUT2D eigenvalue weighted by molar-refractivity contribution is 6.31. The van der Waals surface area contributed by atoms with Crippen molar-refractivity contribution in [1.82, 2.24) is 25.2 Å². The minimum Gasteiger partial charge on any atom is -0.347 e. The molecule has 0 aliphatic carbocycles. The van der Waals surface area contributed by atoms with Gasteiger partial charge in [0.25, 0.3) is 5.91 Å². The van der Waals surface area contributed by atoms with Crippen molar-refractivity contribution in [2.45, 2.75) is 19.9 Å². The standard InChI is InChI=1S/C21H18ClN5O2/c1-2-19-24-20(26-29-19)14-7-9-16(10-8-14)27-12-11-18(25-27)21(28)23-13-15-5-3-4-6-17(15)22/h3-12H,2,13H2,1H3,(H,23,28). The Hall–Kier alpha value is -3.45. The van der Waals surface area contributed by atoms with Gasteiger partial charge < -0.3 is 9.84 Å². The molecule has 0 spiro atoms. The smallest absolute Gasteiger partial charge is 0.272 e. The Bertz CT molecular complexity index is 1130. The maximum atomic E-state index is 12.4. The molecule has 0 radical (unpaired) electrons. The van der Waals surface area contributed by atoms with Crippen LogP contribution >= 0.6 is 11.6 Å². The third-order valence-electron chi connectivity index (χ3n) is 4.38. The van der Waals surface area contributed by atoms with Crippen LogP contribution in [0, 0.1) is 0 Å². The van der Waals surface area contributed by atoms with E-state index in [2.05, 4.69) is 20.6 Å². The minimum absolute atomic E-state index is 0.265. The third-order valence-corrected chi connectivity index (χ3v) is 4.75. The summed E-state index contributed by atoms with van der Waals surface area (Å²) in [5.41, 5.74) is 2.84. The number of hydrogen-bond donors (Lipinski definition) is 1. The summed E-state index contributed by atoms with van der Waals surface area (Å²) in [4.78, 5) is 16.7. The predicted molar refractivity (Wildman–Crippen MR) is 109 cm³/mol. The monoisotopic (exact) mass is 407 g/mol. The van der Waals surface area contributed by atoms with E-state index < -0.39 is 0 Å². The number of nitrogens with one attached hydrogen (secondary N) is 1. The van der Waals surface area contributed by atoms with Gasteiger partial charge in [-0.2, -0.15) is 10.1 Å². The molecule has 0 aliphatic rings. The summed E-state index contributed by atoms with van der Waals surface area (Å²) < 4.78 is 6.78. The van der Waals surface area contributed by atoms with E-state index in [9.17, 15) is 4.79 Å². The van der Waals surface area contributed by atoms with E-state index in [0.717, 1.165) is 16.8 Å². The number of benzene rings is 2. The molecule has 2 heterocycles. The normalized spacial score (nSPS) is 10.8. The second kappa shape index (κ2) is 8.28. The topological polar surface area (TPSA) is 85.8 Å². The van der Waals surface area contributed by atoms with Gasteiger partial charge in [0, 0.05) is 29.7 Å². The van der Waals surface area contributed by atoms with Crippen molar-refractivity contribution >= 4 is 17.5 Å². The molecule has 0 bridgehead atoms. The zero-order chi connectivity index (χ0) is 20.2. The van der Waals surface area contributed by atoms with E-state index >= 15 is 0 Å². The van der Waals surface area contributed by atoms with Crippen LogP contribution in [0.1, 0.15) is 28.9 Å². The van der Waals surface area contributed by atoms with E-state index in [4.69, 9.17) is 16.1 Å². The van der Waals surface area contributed by atoms with Gasteiger partial charge in [0.15, 0.2) is 5.69 Å². The average Bonchev–Trinajstić information content (AvgIpc) is 3.43. The molecule has 29 heavy (non-hydrogen) atoms. The van der Waals surface area contributed by atoms with Gasteiger partial charge in [-0.25, -0.2) is 4.68 Å². The van der Waals surface area contributed by atoms with Crippen molar-refractivity contribution in [3.8, 4) is 17.1 Å². The summed E-state index contributed by atoms with van der Waals surface area (Å²) in [7, 11) is 0. The van der Waals surface area contributed by atoms with Crippen molar-refractivity contribution < 1.29 is 9.32 Å². The van der Waals surface area contributed by atoms with Crippen LogP contribution in [-0.2, 0) is 13.0 Å². The molecule has 1 N–H and O–H groups in total. The molecule has 1 amide bonds. The zero-order valence-corrected chi connectivity index (χ0v) is 16.4. The lowest BCUT2D eigenvalue weighted by molar-refractivity contribution is 0.0945. The maximum absolute atomic E-state index is 12.4. The summed E-state index contributed by atoms with van der Waals surface area (Å²) in [6, 6.07) is 16.6. The zero-order valence-electron chi connectivity index (χ0n) is 15.7. The molecule has 7 nitrogen and oxygen atoms in total. The van der Waals surface area contributed by atoms with E-state index in [1.165, 1.54) is 0 Å². The fraction of sp³-hybridized carbons (Fsp3) is 0.143. The molecule has 2 aromatic heterocycles. The first kappa shape index (κ1) is 18.9. The van der Waals surface area contributed by atoms with Crippen molar-refractivity contribution in [2.75, 3.05) is 0 Å². The summed E-state index contributed by atoms with van der Waals surface area (Å²) in [5.74, 6) is 0.885. The van der Waals surface area contributed by atoms with Gasteiger partial charge in [0.05, 0.1) is 5.69 Å². The number of carbonyl (C=O) groups excluding carboxylic acids is 1. The molecule has 146 valence electrons. The van der Waals surface area contributed by atoms with Gasteiger partial charge in [-0.15, -0.1) is 0 Å². The van der Waals surface area contributed by atoms with Gasteiger partial charge in [-0.3, -0.25) is 4.79 Å². The van der Waals surface area contributed by atoms with Crippen LogP contribution in [0.4, 0.5) is 0 Å². The van der Waals surface area contributed by atoms with Crippen molar-refractivity contribution in [1.29, 1.82) is 0 Å². The summed E-state index contributed by atoms with van der Waals surface area (Å²) >= 11 is 6.12. The van der Waals surface area contributed by atoms with E-state index in [-0.39, 0.29) is 5.91 Å². The van der Waals surface area contributed by atoms with Crippen LogP contribution in [0.3, 0.4) is 0 Å². The SMILES string of the molecule is CCc1nc(-c2ccc(-n3ccc(C(=O)NCc4ccccc4Cl)n3)cc2)no1. The lowest BCUT2D eigenvalue weighted by Gasteiger charge is -2.05. The quantitative estimate of drug-likeness (QED) is 0.520. The fourth-order valence-electron chi connectivity index (χ4n) is 2.78. The second-order valence-corrected chi connectivity index (χ2v) is 6.74. The van der Waals surface area contributed by atoms with Gasteiger partial charge >= 0.3 is 0 Å². The first-order chi connectivity index (χ1) is 14.1. The molecule has 0 atom stereocenters. The van der Waals surface area contributed by atoms with Crippen LogP contribution < -0.4 is 5.32 Å². The largest absolute Gasteiger partial charge is 0.347 e. The van der Waals surface area contributed by atoms with Crippen LogP contribution in [0.25, 0.3) is 17.1 Å². The van der Waals surface area contributed by atoms with Gasteiger partial charge in [0.2, 0.25) is 11.7 Å². The highest BCUT2D eigenvalue weighted by Crippen LogP contribution is 2.19. The molecule has 0 unspecified atom stereocenters. The number of hydrogen-bond acceptors (Lipinski definition) is 5. The summed E-state index contributed by atoms with van der Waals surface area (Å²) in [5, 5.41) is 11.8. The molecule has 8 heteroatoms. The number of rotatable bonds is 6. The van der Waals surface area contributed by atoms with Gasteiger partial charge in [-0.1, -0.05) is 41.9 Å². The van der Waals surface area contributed by atoms with Crippen LogP contribution in [0.15, 0.2) is 65.3 Å². The number of halogens is 1. The Morgan fingerprint density at radius 1 is 1.14 bits per heavy atom. The van der Waals surface area contributed by atoms with E-state index in [1.54, 1.807) is 23.0 Å². The van der Waals surface area contributed by atoms with Crippen molar-refractivity contribution in [2.24, 2.45) is 0 Å². The summed E-state index contributed by atoms with van der Waals surface area (Å²) in [6.45, 7) is 2.30. The number of aromatic nitrogens is 4. The number of carbonyl (C=O) groups is 1. The van der Waals surface area contributed by atoms with Crippen LogP contribution in [-0.4, -0.2) is 25.8 Å². The average molecular weight is 408 g/mol. The lowest BCUT2D eigenvalue weighted by Crippen LogP contribution is -2.23. The van der Waals surface area contributed by atoms with Crippen molar-refractivity contribution in [3.63, 3.8) is 0 Å². The van der Waals surface area contributed by atoms with Gasteiger partial charge in [-0.05, 0) is 42.0 Å². The molecular weight excluding hydrogens is 390 g/mol. The highest BCUT2D eigenvalue weighted by atomic mass is 35.5. The van der Waals surface area contributed by atoms with Gasteiger partial charge in [0.1, 0.15) is 0 Å². The molecule has 4 aromatic rings. The highest BCUT2D eigenvalue weighted by Gasteiger charge is 2.12. The Labute approximate surface area is 172 Å². The molecule has 0 saturated carbocycles. The Balaban J connectivity index is 1.44. The Morgan fingerprint density at radius 2 is 1.93 bits per heavy atom. The summed E-state index contributed by atoms with van der Waals surface area (Å²) in [6.07, 6.45) is 2.43. The van der Waals surface area contributed by atoms with Crippen LogP contribution in [0.2, 0.25) is 5.02 Å². The fourth-order valence-corrected chi connectivity index (χ4v) is 2.98. The predicted octanol–water partition coefficient (Wildman–Crippen LogP) is 4.07. The minimum atomic E-state index is -0.265. The number of nitrogens with zero attached hydrogens (tertiary/aromatic N) is 4. The maximum Gasteiger partial charge on any atom is 0.272 e. The molecular formula is C21H18ClN5O2. The Morgan fingerprint density at radius 3 is 2.66 bits per heavy atom. The second-order valence-electron chi connectivity index (χ2n) is 6.33. The van der Waals surface area contributed by atoms with Crippen LogP contribution in [0.5, 0.6) is 0 Å². The number of amides is 1. The lowest BCUT2D eigenvalue weighted by atomic mass is 10.2.